The van der Waals surface area contributed by atoms with E-state index < -0.39 is 18.1 Å². The number of unbranched alkanes of at least 4 members (excludes halogenated alkanes) is 12. The molecule has 0 aliphatic heterocycles. The Bertz CT molecular complexity index is 632. The maximum atomic E-state index is 12.4. The number of nitrogens with zero attached hydrogens (tertiary/aromatic N) is 2. The largest absolute Gasteiger partial charge is 0.449 e. The fourth-order valence-electron chi connectivity index (χ4n) is 4.32. The molecule has 2 atom stereocenters. The monoisotopic (exact) mass is 557 g/mol. The van der Waals surface area contributed by atoms with Crippen LogP contribution in [0.15, 0.2) is 0 Å². The van der Waals surface area contributed by atoms with Gasteiger partial charge in [0.05, 0.1) is 18.8 Å². The zero-order chi connectivity index (χ0) is 29.3. The molecular formula is C30H59N3O6. The van der Waals surface area contributed by atoms with Gasteiger partial charge in [0.15, 0.2) is 0 Å². The molecule has 0 aromatic carbocycles. The highest BCUT2D eigenvalue weighted by Crippen LogP contribution is 2.15. The molecule has 230 valence electrons. The first kappa shape index (κ1) is 37.1. The van der Waals surface area contributed by atoms with E-state index >= 15 is 0 Å². The molecule has 0 bridgehead atoms. The minimum absolute atomic E-state index is 0.0907. The first-order chi connectivity index (χ1) is 18.7. The van der Waals surface area contributed by atoms with Gasteiger partial charge in [0, 0.05) is 27.1 Å². The van der Waals surface area contributed by atoms with Crippen molar-refractivity contribution in [2.75, 3.05) is 47.5 Å². The van der Waals surface area contributed by atoms with Crippen LogP contribution in [0.5, 0.6) is 0 Å². The molecule has 3 amide bonds. The fourth-order valence-corrected chi connectivity index (χ4v) is 4.32. The number of rotatable bonds is 24. The SMILES string of the molecule is CCCCCCCCCCCCCCCC(NC(=O)OCCCN(C(C)=O)C(=O)OCCN(C)C)C(C)OC. The molecule has 0 rings (SSSR count). The van der Waals surface area contributed by atoms with Crippen molar-refractivity contribution in [3.05, 3.63) is 0 Å². The van der Waals surface area contributed by atoms with Gasteiger partial charge in [0.2, 0.25) is 5.91 Å². The number of alkyl carbamates (subject to hydrolysis) is 1. The number of likely N-dealkylation sites (N-methyl/N-ethyl adjacent to an activating group) is 1. The summed E-state index contributed by atoms with van der Waals surface area (Å²) in [5, 5.41) is 2.92. The van der Waals surface area contributed by atoms with Crippen LogP contribution in [-0.2, 0) is 19.0 Å². The van der Waals surface area contributed by atoms with Crippen molar-refractivity contribution in [3.8, 4) is 0 Å². The van der Waals surface area contributed by atoms with Crippen molar-refractivity contribution in [1.82, 2.24) is 15.1 Å². The van der Waals surface area contributed by atoms with Crippen molar-refractivity contribution in [2.24, 2.45) is 0 Å². The Morgan fingerprint density at radius 2 is 1.28 bits per heavy atom. The van der Waals surface area contributed by atoms with Crippen molar-refractivity contribution in [2.45, 2.75) is 129 Å². The van der Waals surface area contributed by atoms with Gasteiger partial charge in [-0.3, -0.25) is 4.79 Å². The second kappa shape index (κ2) is 25.1. The van der Waals surface area contributed by atoms with Crippen LogP contribution in [-0.4, -0.2) is 87.5 Å². The molecule has 0 spiro atoms. The summed E-state index contributed by atoms with van der Waals surface area (Å²) in [4.78, 5) is 39.2. The second-order valence-electron chi connectivity index (χ2n) is 10.8. The minimum Gasteiger partial charge on any atom is -0.449 e. The van der Waals surface area contributed by atoms with Crippen molar-refractivity contribution < 1.29 is 28.6 Å². The zero-order valence-corrected chi connectivity index (χ0v) is 25.9. The molecule has 0 saturated carbocycles. The lowest BCUT2D eigenvalue weighted by atomic mass is 10.0. The number of hydrogen-bond acceptors (Lipinski definition) is 7. The Labute approximate surface area is 238 Å². The van der Waals surface area contributed by atoms with Crippen molar-refractivity contribution in [1.29, 1.82) is 0 Å². The molecule has 9 heteroatoms. The summed E-state index contributed by atoms with van der Waals surface area (Å²) in [6, 6.07) is -0.129. The molecule has 9 nitrogen and oxygen atoms in total. The number of carbonyl (C=O) groups is 3. The molecule has 0 fully saturated rings. The summed E-state index contributed by atoms with van der Waals surface area (Å²) in [7, 11) is 5.38. The Kier molecular flexibility index (Phi) is 23.9. The number of imide groups is 1. The molecule has 0 radical (unpaired) electrons. The maximum absolute atomic E-state index is 12.4. The lowest BCUT2D eigenvalue weighted by Crippen LogP contribution is -2.43. The van der Waals surface area contributed by atoms with E-state index in [4.69, 9.17) is 14.2 Å². The summed E-state index contributed by atoms with van der Waals surface area (Å²) in [6.07, 6.45) is 16.8. The Morgan fingerprint density at radius 3 is 1.77 bits per heavy atom. The zero-order valence-electron chi connectivity index (χ0n) is 25.9. The molecule has 0 aliphatic carbocycles. The molecule has 1 N–H and O–H groups in total. The van der Waals surface area contributed by atoms with Gasteiger partial charge in [-0.15, -0.1) is 0 Å². The highest BCUT2D eigenvalue weighted by atomic mass is 16.6. The third-order valence-electron chi connectivity index (χ3n) is 6.98. The summed E-state index contributed by atoms with van der Waals surface area (Å²) >= 11 is 0. The van der Waals surface area contributed by atoms with Gasteiger partial charge in [-0.25, -0.2) is 14.5 Å². The highest BCUT2D eigenvalue weighted by molar-refractivity contribution is 5.90. The fraction of sp³-hybridized carbons (Fsp3) is 0.900. The lowest BCUT2D eigenvalue weighted by molar-refractivity contribution is -0.127. The Balaban J connectivity index is 4.10. The first-order valence-electron chi connectivity index (χ1n) is 15.3. The number of carbonyl (C=O) groups excluding carboxylic acids is 3. The molecule has 0 saturated heterocycles. The van der Waals surface area contributed by atoms with Gasteiger partial charge in [-0.1, -0.05) is 90.4 Å². The van der Waals surface area contributed by atoms with Gasteiger partial charge in [0.1, 0.15) is 6.61 Å². The predicted molar refractivity (Wildman–Crippen MR) is 157 cm³/mol. The molecule has 39 heavy (non-hydrogen) atoms. The smallest absolute Gasteiger partial charge is 0.416 e. The van der Waals surface area contributed by atoms with E-state index in [2.05, 4.69) is 12.2 Å². The third kappa shape index (κ3) is 21.6. The molecule has 0 aromatic heterocycles. The molecule has 0 aliphatic rings. The van der Waals surface area contributed by atoms with Crippen LogP contribution in [0, 0.1) is 0 Å². The predicted octanol–water partition coefficient (Wildman–Crippen LogP) is 6.53. The van der Waals surface area contributed by atoms with Crippen LogP contribution in [0.4, 0.5) is 9.59 Å². The average Bonchev–Trinajstić information content (AvgIpc) is 2.89. The van der Waals surface area contributed by atoms with E-state index in [1.807, 2.05) is 25.9 Å². The number of nitrogens with one attached hydrogen (secondary N) is 1. The van der Waals surface area contributed by atoms with E-state index in [1.165, 1.54) is 77.6 Å². The lowest BCUT2D eigenvalue weighted by Gasteiger charge is -2.24. The quantitative estimate of drug-likeness (QED) is 0.135. The van der Waals surface area contributed by atoms with Crippen LogP contribution in [0.1, 0.15) is 117 Å². The average molecular weight is 558 g/mol. The molecule has 2 unspecified atom stereocenters. The summed E-state index contributed by atoms with van der Waals surface area (Å²) in [5.74, 6) is -0.402. The summed E-state index contributed by atoms with van der Waals surface area (Å²) in [5.41, 5.74) is 0. The van der Waals surface area contributed by atoms with E-state index in [-0.39, 0.29) is 31.9 Å². The van der Waals surface area contributed by atoms with Crippen LogP contribution in [0.25, 0.3) is 0 Å². The normalized spacial score (nSPS) is 12.7. The van der Waals surface area contributed by atoms with Crippen molar-refractivity contribution in [3.63, 3.8) is 0 Å². The van der Waals surface area contributed by atoms with Gasteiger partial charge >= 0.3 is 12.2 Å². The van der Waals surface area contributed by atoms with E-state index in [1.54, 1.807) is 7.11 Å². The van der Waals surface area contributed by atoms with Gasteiger partial charge in [0.25, 0.3) is 0 Å². The van der Waals surface area contributed by atoms with Gasteiger partial charge in [-0.05, 0) is 33.9 Å². The van der Waals surface area contributed by atoms with Crippen LogP contribution in [0.3, 0.4) is 0 Å². The standard InChI is InChI=1S/C30H59N3O6/c1-7-8-9-10-11-12-13-14-15-16-17-18-19-21-28(26(2)37-6)31-29(35)38-24-20-22-33(27(3)34)30(36)39-25-23-32(4)5/h26,28H,7-25H2,1-6H3,(H,31,35). The highest BCUT2D eigenvalue weighted by Gasteiger charge is 2.21. The number of hydrogen-bond donors (Lipinski definition) is 1. The number of methoxy groups -OCH3 is 1. The van der Waals surface area contributed by atoms with E-state index in [9.17, 15) is 14.4 Å². The first-order valence-corrected chi connectivity index (χ1v) is 15.3. The topological polar surface area (TPSA) is 97.4 Å². The van der Waals surface area contributed by atoms with Crippen LogP contribution >= 0.6 is 0 Å². The molecule has 0 aromatic rings. The van der Waals surface area contributed by atoms with Crippen LogP contribution in [0.2, 0.25) is 0 Å². The van der Waals surface area contributed by atoms with Crippen molar-refractivity contribution >= 4 is 18.1 Å². The minimum atomic E-state index is -0.680. The molecular weight excluding hydrogens is 498 g/mol. The summed E-state index contributed by atoms with van der Waals surface area (Å²) < 4.78 is 15.9. The van der Waals surface area contributed by atoms with E-state index in [0.29, 0.717) is 13.0 Å². The Hall–Kier alpha value is -1.87. The van der Waals surface area contributed by atoms with Crippen LogP contribution < -0.4 is 5.32 Å². The third-order valence-corrected chi connectivity index (χ3v) is 6.98. The van der Waals surface area contributed by atoms with Gasteiger partial charge in [-0.2, -0.15) is 0 Å². The van der Waals surface area contributed by atoms with Gasteiger partial charge < -0.3 is 24.4 Å². The maximum Gasteiger partial charge on any atom is 0.416 e. The Morgan fingerprint density at radius 1 is 0.744 bits per heavy atom. The second-order valence-corrected chi connectivity index (χ2v) is 10.8. The number of ether oxygens (including phenoxy) is 3. The number of amides is 3. The van der Waals surface area contributed by atoms with E-state index in [0.717, 1.165) is 24.2 Å². The molecule has 0 heterocycles. The summed E-state index contributed by atoms with van der Waals surface area (Å²) in [6.45, 7) is 6.50.